The van der Waals surface area contributed by atoms with Crippen LogP contribution in [0.5, 0.6) is 0 Å². The molecule has 48 heavy (non-hydrogen) atoms. The van der Waals surface area contributed by atoms with Crippen molar-refractivity contribution in [1.82, 2.24) is 15.6 Å². The molecule has 10 heteroatoms. The van der Waals surface area contributed by atoms with Crippen LogP contribution in [0.15, 0.2) is 113 Å². The average Bonchev–Trinajstić information content (AvgIpc) is 3.08. The second-order valence-corrected chi connectivity index (χ2v) is 13.4. The maximum Gasteiger partial charge on any atom is 0.341 e. The van der Waals surface area contributed by atoms with Crippen molar-refractivity contribution >= 4 is 23.5 Å². The highest BCUT2D eigenvalue weighted by Gasteiger charge is 2.27. The lowest BCUT2D eigenvalue weighted by Crippen LogP contribution is -2.44. The Morgan fingerprint density at radius 2 is 1.67 bits per heavy atom. The SMILES string of the molecule is Cc1ccc(C2OC=C(C(C)(C)C)C=C2N=NNC(=O)Nc2cccc(CC3CCN(C(=O)CNC(=O)c4ccccc4)CC3)c2)cc1. The zero-order valence-corrected chi connectivity index (χ0v) is 28.0. The summed E-state index contributed by atoms with van der Waals surface area (Å²) in [5, 5.41) is 13.9. The molecule has 1 atom stereocenters. The van der Waals surface area contributed by atoms with Gasteiger partial charge in [-0.15, -0.1) is 5.11 Å². The van der Waals surface area contributed by atoms with Gasteiger partial charge >= 0.3 is 6.03 Å². The molecule has 0 saturated carbocycles. The first-order chi connectivity index (χ1) is 23.0. The summed E-state index contributed by atoms with van der Waals surface area (Å²) in [6, 6.07) is 24.2. The fourth-order valence-corrected chi connectivity index (χ4v) is 5.69. The number of piperidine rings is 1. The second kappa shape index (κ2) is 15.6. The van der Waals surface area contributed by atoms with Crippen molar-refractivity contribution in [2.24, 2.45) is 21.7 Å². The van der Waals surface area contributed by atoms with Crippen LogP contribution in [0, 0.1) is 18.3 Å². The van der Waals surface area contributed by atoms with Crippen LogP contribution < -0.4 is 16.1 Å². The zero-order chi connectivity index (χ0) is 34.1. The molecule has 0 bridgehead atoms. The molecule has 3 aromatic carbocycles. The van der Waals surface area contributed by atoms with E-state index in [2.05, 4.69) is 47.2 Å². The summed E-state index contributed by atoms with van der Waals surface area (Å²) in [4.78, 5) is 39.5. The number of likely N-dealkylation sites (tertiary alicyclic amines) is 1. The van der Waals surface area contributed by atoms with E-state index in [-0.39, 0.29) is 23.8 Å². The highest BCUT2D eigenvalue weighted by atomic mass is 16.5. The molecule has 2 aliphatic rings. The van der Waals surface area contributed by atoms with E-state index in [9.17, 15) is 14.4 Å². The normalized spacial score (nSPS) is 16.8. The van der Waals surface area contributed by atoms with Gasteiger partial charge in [-0.1, -0.05) is 86.2 Å². The molecule has 250 valence electrons. The predicted octanol–water partition coefficient (Wildman–Crippen LogP) is 7.28. The van der Waals surface area contributed by atoms with Crippen molar-refractivity contribution in [3.63, 3.8) is 0 Å². The third kappa shape index (κ3) is 9.40. The van der Waals surface area contributed by atoms with Crippen LogP contribution in [0.1, 0.15) is 66.8 Å². The molecule has 1 unspecified atom stereocenters. The molecular weight excluding hydrogens is 604 g/mol. The number of hydrogen-bond acceptors (Lipinski definition) is 6. The third-order valence-corrected chi connectivity index (χ3v) is 8.58. The summed E-state index contributed by atoms with van der Waals surface area (Å²) in [5.41, 5.74) is 8.29. The van der Waals surface area contributed by atoms with Crippen molar-refractivity contribution in [2.45, 2.75) is 53.1 Å². The van der Waals surface area contributed by atoms with E-state index in [4.69, 9.17) is 4.74 Å². The Labute approximate surface area is 282 Å². The Balaban J connectivity index is 1.10. The van der Waals surface area contributed by atoms with Gasteiger partial charge in [0.15, 0.2) is 6.10 Å². The van der Waals surface area contributed by atoms with Crippen LogP contribution in [-0.2, 0) is 16.0 Å². The topological polar surface area (TPSA) is 124 Å². The summed E-state index contributed by atoms with van der Waals surface area (Å²) in [6.45, 7) is 9.61. The minimum Gasteiger partial charge on any atom is -0.487 e. The third-order valence-electron chi connectivity index (χ3n) is 8.58. The van der Waals surface area contributed by atoms with Gasteiger partial charge in [0.1, 0.15) is 5.70 Å². The van der Waals surface area contributed by atoms with E-state index in [1.807, 2.05) is 72.5 Å². The smallest absolute Gasteiger partial charge is 0.341 e. The van der Waals surface area contributed by atoms with E-state index in [0.29, 0.717) is 36.0 Å². The second-order valence-electron chi connectivity index (χ2n) is 13.4. The molecule has 5 rings (SSSR count). The average molecular weight is 649 g/mol. The van der Waals surface area contributed by atoms with Gasteiger partial charge < -0.3 is 20.3 Å². The fourth-order valence-electron chi connectivity index (χ4n) is 5.69. The molecule has 3 aromatic rings. The van der Waals surface area contributed by atoms with E-state index in [1.165, 1.54) is 0 Å². The number of rotatable bonds is 9. The lowest BCUT2D eigenvalue weighted by atomic mass is 9.85. The largest absolute Gasteiger partial charge is 0.487 e. The number of allylic oxidation sites excluding steroid dienone is 2. The predicted molar refractivity (Wildman–Crippen MR) is 186 cm³/mol. The lowest BCUT2D eigenvalue weighted by molar-refractivity contribution is -0.131. The van der Waals surface area contributed by atoms with Crippen molar-refractivity contribution in [2.75, 3.05) is 25.0 Å². The monoisotopic (exact) mass is 648 g/mol. The van der Waals surface area contributed by atoms with Crippen LogP contribution >= 0.6 is 0 Å². The maximum atomic E-state index is 12.7. The molecule has 0 spiro atoms. The molecule has 1 fully saturated rings. The Morgan fingerprint density at radius 3 is 2.38 bits per heavy atom. The highest BCUT2D eigenvalue weighted by Crippen LogP contribution is 2.37. The van der Waals surface area contributed by atoms with Crippen LogP contribution in [0.2, 0.25) is 0 Å². The van der Waals surface area contributed by atoms with Gasteiger partial charge in [0.2, 0.25) is 5.91 Å². The van der Waals surface area contributed by atoms with Crippen LogP contribution in [-0.4, -0.2) is 42.4 Å². The Kier molecular flexibility index (Phi) is 11.1. The molecule has 0 aliphatic carbocycles. The minimum absolute atomic E-state index is 0.0125. The van der Waals surface area contributed by atoms with Crippen molar-refractivity contribution in [1.29, 1.82) is 0 Å². The van der Waals surface area contributed by atoms with Crippen molar-refractivity contribution < 1.29 is 19.1 Å². The number of carbonyl (C=O) groups excluding carboxylic acids is 3. The quantitative estimate of drug-likeness (QED) is 0.167. The first-order valence-corrected chi connectivity index (χ1v) is 16.4. The van der Waals surface area contributed by atoms with Gasteiger partial charge in [0.05, 0.1) is 12.8 Å². The van der Waals surface area contributed by atoms with Crippen molar-refractivity contribution in [3.05, 3.63) is 125 Å². The van der Waals surface area contributed by atoms with Gasteiger partial charge in [-0.3, -0.25) is 9.59 Å². The number of urea groups is 1. The van der Waals surface area contributed by atoms with E-state index in [1.54, 1.807) is 30.5 Å². The van der Waals surface area contributed by atoms with Crippen LogP contribution in [0.4, 0.5) is 10.5 Å². The van der Waals surface area contributed by atoms with Crippen molar-refractivity contribution in [3.8, 4) is 0 Å². The fraction of sp³-hybridized carbons (Fsp3) is 0.342. The molecule has 4 amide bonds. The molecule has 3 N–H and O–H groups in total. The number of benzene rings is 3. The summed E-state index contributed by atoms with van der Waals surface area (Å²) in [6.07, 6.45) is 5.87. The number of nitrogens with zero attached hydrogens (tertiary/aromatic N) is 3. The molecule has 0 radical (unpaired) electrons. The molecule has 0 aromatic heterocycles. The van der Waals surface area contributed by atoms with E-state index >= 15 is 0 Å². The van der Waals surface area contributed by atoms with Gasteiger partial charge in [0, 0.05) is 24.3 Å². The standard InChI is InChI=1S/C38H44N6O4/c1-26-13-15-29(16-14-26)35-33(23-31(25-48-35)38(2,3)4)41-43-42-37(47)40-32-12-8-9-28(22-32)21-27-17-19-44(20-18-27)34(45)24-39-36(46)30-10-6-5-7-11-30/h5-16,22-23,25,27,35H,17-21,24H2,1-4H3,(H,39,46)(H2,40,41,42,47). The molecular formula is C38H44N6O4. The maximum absolute atomic E-state index is 12.7. The number of anilines is 1. The first-order valence-electron chi connectivity index (χ1n) is 16.4. The van der Waals surface area contributed by atoms with E-state index < -0.39 is 12.1 Å². The number of amides is 4. The number of nitrogens with one attached hydrogen (secondary N) is 3. The summed E-state index contributed by atoms with van der Waals surface area (Å²) in [7, 11) is 0. The Morgan fingerprint density at radius 1 is 0.938 bits per heavy atom. The van der Waals surface area contributed by atoms with E-state index in [0.717, 1.165) is 41.5 Å². The molecule has 10 nitrogen and oxygen atoms in total. The van der Waals surface area contributed by atoms with Gasteiger partial charge in [-0.05, 0) is 84.6 Å². The number of aryl methyl sites for hydroxylation is 1. The highest BCUT2D eigenvalue weighted by molar-refractivity contribution is 5.96. The summed E-state index contributed by atoms with van der Waals surface area (Å²) < 4.78 is 6.09. The van der Waals surface area contributed by atoms with Gasteiger partial charge in [-0.25, -0.2) is 10.2 Å². The lowest BCUT2D eigenvalue weighted by Gasteiger charge is -2.32. The summed E-state index contributed by atoms with van der Waals surface area (Å²) >= 11 is 0. The van der Waals surface area contributed by atoms with Gasteiger partial charge in [0.25, 0.3) is 5.91 Å². The number of ether oxygens (including phenoxy) is 1. The van der Waals surface area contributed by atoms with Crippen LogP contribution in [0.3, 0.4) is 0 Å². The number of hydrogen-bond donors (Lipinski definition) is 3. The number of carbonyl (C=O) groups is 3. The first kappa shape index (κ1) is 34.1. The molecule has 1 saturated heterocycles. The Bertz CT molecular complexity index is 1680. The Hall–Kier alpha value is -5.25. The molecule has 2 aliphatic heterocycles. The molecule has 2 heterocycles. The zero-order valence-electron chi connectivity index (χ0n) is 28.0. The van der Waals surface area contributed by atoms with Gasteiger partial charge in [-0.2, -0.15) is 0 Å². The van der Waals surface area contributed by atoms with Crippen LogP contribution in [0.25, 0.3) is 0 Å². The minimum atomic E-state index is -0.502. The summed E-state index contributed by atoms with van der Waals surface area (Å²) in [5.74, 6) is 0.0840.